The number of aromatic carboxylic acids is 1. The van der Waals surface area contributed by atoms with Gasteiger partial charge >= 0.3 is 5.97 Å². The van der Waals surface area contributed by atoms with Crippen LogP contribution in [0.2, 0.25) is 5.02 Å². The molecule has 0 spiro atoms. The molecule has 1 heterocycles. The average molecular weight is 291 g/mol. The van der Waals surface area contributed by atoms with Crippen LogP contribution >= 0.6 is 11.6 Å². The smallest absolute Gasteiger partial charge is 0.337 e. The lowest BCUT2D eigenvalue weighted by atomic mass is 10.2. The van der Waals surface area contributed by atoms with E-state index in [0.717, 1.165) is 0 Å². The molecule has 0 radical (unpaired) electrons. The van der Waals surface area contributed by atoms with E-state index in [4.69, 9.17) is 22.0 Å². The number of carbonyl (C=O) groups is 1. The minimum absolute atomic E-state index is 0.00550. The lowest BCUT2D eigenvalue weighted by Crippen LogP contribution is -2.03. The number of nitrogens with one attached hydrogen (secondary N) is 1. The van der Waals surface area contributed by atoms with Crippen LogP contribution in [0.3, 0.4) is 0 Å². The van der Waals surface area contributed by atoms with Crippen LogP contribution in [0.5, 0.6) is 0 Å². The molecule has 0 fully saturated rings. The maximum atomic E-state index is 11.0. The van der Waals surface area contributed by atoms with Crippen LogP contribution in [0.25, 0.3) is 0 Å². The minimum atomic E-state index is -1.11. The number of carboxylic acids is 1. The lowest BCUT2D eigenvalue weighted by molar-refractivity contribution is 0.0697. The van der Waals surface area contributed by atoms with Gasteiger partial charge in [0.15, 0.2) is 0 Å². The highest BCUT2D eigenvalue weighted by molar-refractivity contribution is 6.33. The molecule has 2 rings (SSSR count). The van der Waals surface area contributed by atoms with Gasteiger partial charge in [-0.3, -0.25) is 4.68 Å². The fraction of sp³-hybridized carbons (Fsp3) is 0.154. The molecule has 0 aliphatic heterocycles. The molecule has 1 aromatic carbocycles. The van der Waals surface area contributed by atoms with Crippen LogP contribution in [0.1, 0.15) is 21.6 Å². The van der Waals surface area contributed by atoms with Gasteiger partial charge < -0.3 is 10.4 Å². The van der Waals surface area contributed by atoms with Crippen LogP contribution in [0.15, 0.2) is 18.2 Å². The van der Waals surface area contributed by atoms with Crippen molar-refractivity contribution in [3.05, 3.63) is 40.0 Å². The fourth-order valence-corrected chi connectivity index (χ4v) is 2.04. The van der Waals surface area contributed by atoms with Gasteiger partial charge in [-0.2, -0.15) is 10.4 Å². The highest BCUT2D eigenvalue weighted by atomic mass is 35.5. The third kappa shape index (κ3) is 2.44. The number of benzene rings is 1. The summed E-state index contributed by atoms with van der Waals surface area (Å²) in [5.74, 6) is -0.607. The summed E-state index contributed by atoms with van der Waals surface area (Å²) in [6.45, 7) is 1.73. The summed E-state index contributed by atoms with van der Waals surface area (Å²) in [5, 5.41) is 25.4. The van der Waals surface area contributed by atoms with E-state index in [0.29, 0.717) is 22.8 Å². The number of nitriles is 1. The van der Waals surface area contributed by atoms with Gasteiger partial charge in [-0.1, -0.05) is 11.6 Å². The Hall–Kier alpha value is -2.52. The van der Waals surface area contributed by atoms with Crippen LogP contribution < -0.4 is 5.32 Å². The first kappa shape index (κ1) is 13.9. The molecule has 0 aliphatic carbocycles. The Morgan fingerprint density at radius 1 is 1.55 bits per heavy atom. The summed E-state index contributed by atoms with van der Waals surface area (Å²) in [7, 11) is 1.70. The van der Waals surface area contributed by atoms with E-state index in [1.807, 2.05) is 0 Å². The van der Waals surface area contributed by atoms with Gasteiger partial charge in [0.2, 0.25) is 0 Å². The van der Waals surface area contributed by atoms with E-state index in [-0.39, 0.29) is 10.6 Å². The first-order valence-electron chi connectivity index (χ1n) is 5.67. The zero-order valence-corrected chi connectivity index (χ0v) is 11.6. The maximum Gasteiger partial charge on any atom is 0.337 e. The van der Waals surface area contributed by atoms with Crippen LogP contribution in [-0.2, 0) is 7.05 Å². The van der Waals surface area contributed by atoms with Gasteiger partial charge in [0.05, 0.1) is 16.3 Å². The molecule has 7 heteroatoms. The number of aromatic nitrogens is 2. The van der Waals surface area contributed by atoms with Crippen LogP contribution in [0, 0.1) is 18.3 Å². The molecule has 0 bridgehead atoms. The van der Waals surface area contributed by atoms with E-state index in [1.54, 1.807) is 20.0 Å². The molecule has 0 atom stereocenters. The van der Waals surface area contributed by atoms with Gasteiger partial charge in [-0.25, -0.2) is 4.79 Å². The largest absolute Gasteiger partial charge is 0.478 e. The molecular weight excluding hydrogens is 280 g/mol. The van der Waals surface area contributed by atoms with Crippen LogP contribution in [0.4, 0.5) is 11.5 Å². The normalized spacial score (nSPS) is 10.1. The second-order valence-corrected chi connectivity index (χ2v) is 4.58. The van der Waals surface area contributed by atoms with Gasteiger partial charge in [0, 0.05) is 12.7 Å². The monoisotopic (exact) mass is 290 g/mol. The summed E-state index contributed by atoms with van der Waals surface area (Å²) in [6, 6.07) is 6.60. The van der Waals surface area contributed by atoms with Crippen molar-refractivity contribution in [3.63, 3.8) is 0 Å². The zero-order chi connectivity index (χ0) is 14.9. The van der Waals surface area contributed by atoms with Crippen molar-refractivity contribution in [3.8, 4) is 6.07 Å². The summed E-state index contributed by atoms with van der Waals surface area (Å²) in [5.41, 5.74) is 1.53. The quantitative estimate of drug-likeness (QED) is 0.907. The SMILES string of the molecule is Cc1nn(C)c(Nc2ccc(Cl)c(C(=O)O)c2)c1C#N. The van der Waals surface area contributed by atoms with Crippen molar-refractivity contribution >= 4 is 29.1 Å². The number of hydrogen-bond acceptors (Lipinski definition) is 4. The Morgan fingerprint density at radius 3 is 2.85 bits per heavy atom. The molecule has 1 aromatic heterocycles. The predicted molar refractivity (Wildman–Crippen MR) is 74.4 cm³/mol. The van der Waals surface area contributed by atoms with E-state index in [1.165, 1.54) is 16.8 Å². The van der Waals surface area contributed by atoms with Gasteiger partial charge in [0.1, 0.15) is 17.5 Å². The van der Waals surface area contributed by atoms with Gasteiger partial charge in [-0.15, -0.1) is 0 Å². The molecular formula is C13H11ClN4O2. The highest BCUT2D eigenvalue weighted by Crippen LogP contribution is 2.26. The maximum absolute atomic E-state index is 11.0. The number of carboxylic acid groups (broad SMARTS) is 1. The lowest BCUT2D eigenvalue weighted by Gasteiger charge is -2.08. The topological polar surface area (TPSA) is 90.9 Å². The van der Waals surface area contributed by atoms with Crippen molar-refractivity contribution in [2.24, 2.45) is 7.05 Å². The summed E-state index contributed by atoms with van der Waals surface area (Å²) in [4.78, 5) is 11.0. The molecule has 20 heavy (non-hydrogen) atoms. The predicted octanol–water partition coefficient (Wildman–Crippen LogP) is 2.70. The second-order valence-electron chi connectivity index (χ2n) is 4.17. The molecule has 6 nitrogen and oxygen atoms in total. The zero-order valence-electron chi connectivity index (χ0n) is 10.8. The number of halogens is 1. The van der Waals surface area contributed by atoms with Crippen molar-refractivity contribution in [1.82, 2.24) is 9.78 Å². The summed E-state index contributed by atoms with van der Waals surface area (Å²) < 4.78 is 1.53. The fourth-order valence-electron chi connectivity index (χ4n) is 1.84. The average Bonchev–Trinajstić information content (AvgIpc) is 2.65. The summed E-state index contributed by atoms with van der Waals surface area (Å²) >= 11 is 5.81. The van der Waals surface area contributed by atoms with Crippen molar-refractivity contribution in [2.75, 3.05) is 5.32 Å². The minimum Gasteiger partial charge on any atom is -0.478 e. The first-order valence-corrected chi connectivity index (χ1v) is 6.05. The molecule has 0 amide bonds. The molecule has 102 valence electrons. The van der Waals surface area contributed by atoms with Gasteiger partial charge in [-0.05, 0) is 25.1 Å². The molecule has 0 unspecified atom stereocenters. The number of nitrogens with zero attached hydrogens (tertiary/aromatic N) is 3. The van der Waals surface area contributed by atoms with Gasteiger partial charge in [0.25, 0.3) is 0 Å². The molecule has 0 saturated carbocycles. The van der Waals surface area contributed by atoms with E-state index < -0.39 is 5.97 Å². The second kappa shape index (κ2) is 5.23. The number of aryl methyl sites for hydroxylation is 2. The van der Waals surface area contributed by atoms with E-state index >= 15 is 0 Å². The Labute approximate surface area is 120 Å². The number of anilines is 2. The molecule has 0 saturated heterocycles. The van der Waals surface area contributed by atoms with Crippen molar-refractivity contribution < 1.29 is 9.90 Å². The first-order chi connectivity index (χ1) is 9.43. The molecule has 0 aliphatic rings. The van der Waals surface area contributed by atoms with Crippen molar-refractivity contribution in [2.45, 2.75) is 6.92 Å². The molecule has 2 N–H and O–H groups in total. The Morgan fingerprint density at radius 2 is 2.25 bits per heavy atom. The highest BCUT2D eigenvalue weighted by Gasteiger charge is 2.14. The molecule has 2 aromatic rings. The number of hydrogen-bond donors (Lipinski definition) is 2. The van der Waals surface area contributed by atoms with Crippen molar-refractivity contribution in [1.29, 1.82) is 5.26 Å². The number of rotatable bonds is 3. The standard InChI is InChI=1S/C13H11ClN4O2/c1-7-10(6-15)12(18(2)17-7)16-8-3-4-11(14)9(5-8)13(19)20/h3-5,16H,1-2H3,(H,19,20). The van der Waals surface area contributed by atoms with E-state index in [9.17, 15) is 4.79 Å². The Bertz CT molecular complexity index is 731. The third-order valence-corrected chi connectivity index (χ3v) is 3.12. The third-order valence-electron chi connectivity index (χ3n) is 2.79. The van der Waals surface area contributed by atoms with E-state index in [2.05, 4.69) is 16.5 Å². The van der Waals surface area contributed by atoms with Crippen LogP contribution in [-0.4, -0.2) is 20.9 Å². The Balaban J connectivity index is 2.44. The Kier molecular flexibility index (Phi) is 3.63. The summed E-state index contributed by atoms with van der Waals surface area (Å²) in [6.07, 6.45) is 0.